The fraction of sp³-hybridized carbons (Fsp3) is 0.652. The molecule has 2 fully saturated rings. The average molecular weight is 509 g/mol. The molecule has 1 amide bonds. The Morgan fingerprint density at radius 2 is 1.88 bits per heavy atom. The minimum atomic E-state index is -4.55. The average Bonchev–Trinajstić information content (AvgIpc) is 3.46. The van der Waals surface area contributed by atoms with E-state index in [4.69, 9.17) is 11.5 Å². The first-order valence-corrected chi connectivity index (χ1v) is 11.4. The predicted molar refractivity (Wildman–Crippen MR) is 121 cm³/mol. The third kappa shape index (κ3) is 5.48. The molecule has 0 aliphatic heterocycles. The maximum atomic E-state index is 13.8. The van der Waals surface area contributed by atoms with Crippen LogP contribution in [0.5, 0.6) is 0 Å². The number of H-pyrrole nitrogens is 1. The van der Waals surface area contributed by atoms with E-state index < -0.39 is 47.7 Å². The van der Waals surface area contributed by atoms with Crippen molar-refractivity contribution in [2.75, 3.05) is 0 Å². The summed E-state index contributed by atoms with van der Waals surface area (Å²) in [5.74, 6) is -7.74. The number of primary amides is 1. The number of fused-ring (bicyclic) bond motifs is 1. The van der Waals surface area contributed by atoms with Crippen molar-refractivity contribution in [1.29, 1.82) is 0 Å². The first kappa shape index (κ1) is 26.7. The molecule has 0 spiro atoms. The van der Waals surface area contributed by atoms with Gasteiger partial charge in [-0.1, -0.05) is 13.0 Å². The molecule has 11 heteroatoms. The van der Waals surface area contributed by atoms with Crippen molar-refractivity contribution < 1.29 is 26.7 Å². The molecule has 5 atom stereocenters. The Balaban J connectivity index is 0.00000324. The molecule has 2 unspecified atom stereocenters. The van der Waals surface area contributed by atoms with E-state index in [0.717, 1.165) is 19.8 Å². The van der Waals surface area contributed by atoms with Gasteiger partial charge in [0.15, 0.2) is 0 Å². The molecule has 0 bridgehead atoms. The van der Waals surface area contributed by atoms with Gasteiger partial charge in [-0.3, -0.25) is 4.79 Å². The van der Waals surface area contributed by atoms with Crippen LogP contribution in [0.15, 0.2) is 18.2 Å². The van der Waals surface area contributed by atoms with E-state index in [1.165, 1.54) is 0 Å². The maximum absolute atomic E-state index is 13.8. The van der Waals surface area contributed by atoms with E-state index in [-0.39, 0.29) is 31.2 Å². The Morgan fingerprint density at radius 1 is 1.21 bits per heavy atom. The van der Waals surface area contributed by atoms with Crippen molar-refractivity contribution in [2.45, 2.75) is 69.5 Å². The minimum absolute atomic E-state index is 0. The van der Waals surface area contributed by atoms with Crippen LogP contribution in [0.1, 0.15) is 68.8 Å². The Kier molecular flexibility index (Phi) is 7.53. The summed E-state index contributed by atoms with van der Waals surface area (Å²) in [6, 6.07) is 4.33. The zero-order valence-corrected chi connectivity index (χ0v) is 19.6. The molecule has 2 aliphatic rings. The number of amides is 1. The number of rotatable bonds is 7. The largest absolute Gasteiger partial charge is 0.392 e. The molecular formula is C23H30ClF5N4O. The number of nitrogens with two attached hydrogens (primary N) is 2. The second kappa shape index (κ2) is 9.60. The van der Waals surface area contributed by atoms with Crippen LogP contribution >= 0.6 is 12.4 Å². The van der Waals surface area contributed by atoms with E-state index in [1.54, 1.807) is 18.2 Å². The number of carbonyl (C=O) groups excluding carboxylic acids is 1. The third-order valence-corrected chi connectivity index (χ3v) is 7.31. The zero-order chi connectivity index (χ0) is 24.1. The topological polar surface area (TPSA) is 97.8 Å². The lowest BCUT2D eigenvalue weighted by Crippen LogP contribution is -2.40. The number of nitrogens with zero attached hydrogens (tertiary/aromatic N) is 1. The molecule has 1 heterocycles. The summed E-state index contributed by atoms with van der Waals surface area (Å²) in [6.07, 6.45) is -2.55. The van der Waals surface area contributed by atoms with Gasteiger partial charge in [0.25, 0.3) is 0 Å². The van der Waals surface area contributed by atoms with Crippen LogP contribution in [0.25, 0.3) is 11.0 Å². The molecule has 0 radical (unpaired) electrons. The SMILES string of the molecule is CC(C(C(N)=O)[C@H](c1ccc2nc([C@@H](N)[C@@H]3CCCC(F)(F)C3)[nH]c2c1)C1CC1)C(F)(F)F.Cl. The first-order valence-electron chi connectivity index (χ1n) is 11.4. The fourth-order valence-electron chi connectivity index (χ4n) is 5.32. The van der Waals surface area contributed by atoms with Gasteiger partial charge >= 0.3 is 6.18 Å². The Morgan fingerprint density at radius 3 is 2.44 bits per heavy atom. The molecule has 2 aromatic rings. The van der Waals surface area contributed by atoms with E-state index in [9.17, 15) is 26.7 Å². The van der Waals surface area contributed by atoms with Gasteiger partial charge in [0.1, 0.15) is 5.82 Å². The highest BCUT2D eigenvalue weighted by atomic mass is 35.5. The van der Waals surface area contributed by atoms with Crippen LogP contribution in [-0.2, 0) is 4.79 Å². The van der Waals surface area contributed by atoms with Crippen LogP contribution in [0.3, 0.4) is 0 Å². The van der Waals surface area contributed by atoms with Gasteiger partial charge in [-0.2, -0.15) is 13.2 Å². The molecule has 4 rings (SSSR count). The third-order valence-electron chi connectivity index (χ3n) is 7.31. The standard InChI is InChI=1S/C23H29F5N4O.ClH/c1-11(23(26,27)28)17(20(30)33)18(12-4-5-12)13-6-7-15-16(9-13)32-21(31-15)19(29)14-3-2-8-22(24,25)10-14;/h6-7,9,11-12,14,17-19H,2-5,8,10,29H2,1H3,(H2,30,33)(H,31,32);1H/t11?,14-,17?,18+,19+;/m1./s1. The van der Waals surface area contributed by atoms with Crippen LogP contribution in [0, 0.1) is 23.7 Å². The van der Waals surface area contributed by atoms with Gasteiger partial charge in [0.05, 0.1) is 28.9 Å². The quantitative estimate of drug-likeness (QED) is 0.424. The highest BCUT2D eigenvalue weighted by Gasteiger charge is 2.50. The van der Waals surface area contributed by atoms with Crippen molar-refractivity contribution in [3.8, 4) is 0 Å². The number of hydrogen-bond donors (Lipinski definition) is 3. The molecule has 1 aromatic carbocycles. The van der Waals surface area contributed by atoms with Crippen molar-refractivity contribution in [3.63, 3.8) is 0 Å². The van der Waals surface area contributed by atoms with Gasteiger partial charge < -0.3 is 16.5 Å². The number of alkyl halides is 5. The Labute approximate surface area is 200 Å². The normalized spacial score (nSPS) is 24.1. The van der Waals surface area contributed by atoms with Crippen molar-refractivity contribution in [1.82, 2.24) is 9.97 Å². The number of benzene rings is 1. The number of aromatic nitrogens is 2. The van der Waals surface area contributed by atoms with Crippen LogP contribution < -0.4 is 11.5 Å². The van der Waals surface area contributed by atoms with Crippen molar-refractivity contribution in [2.24, 2.45) is 35.1 Å². The summed E-state index contributed by atoms with van der Waals surface area (Å²) < 4.78 is 68.2. The fourth-order valence-corrected chi connectivity index (χ4v) is 5.32. The summed E-state index contributed by atoms with van der Waals surface area (Å²) in [7, 11) is 0. The predicted octanol–water partition coefficient (Wildman–Crippen LogP) is 5.60. The van der Waals surface area contributed by atoms with E-state index in [1.807, 2.05) is 0 Å². The summed E-state index contributed by atoms with van der Waals surface area (Å²) in [5.41, 5.74) is 13.4. The van der Waals surface area contributed by atoms with Crippen molar-refractivity contribution in [3.05, 3.63) is 29.6 Å². The second-order valence-electron chi connectivity index (χ2n) is 9.76. The summed E-state index contributed by atoms with van der Waals surface area (Å²) in [5, 5.41) is 0. The molecular weight excluding hydrogens is 479 g/mol. The molecule has 5 N–H and O–H groups in total. The molecule has 0 saturated heterocycles. The minimum Gasteiger partial charge on any atom is -0.369 e. The molecule has 5 nitrogen and oxygen atoms in total. The molecule has 2 aliphatic carbocycles. The highest BCUT2D eigenvalue weighted by Crippen LogP contribution is 2.51. The van der Waals surface area contributed by atoms with Crippen LogP contribution in [-0.4, -0.2) is 28.0 Å². The number of aromatic amines is 1. The van der Waals surface area contributed by atoms with Crippen molar-refractivity contribution >= 4 is 29.3 Å². The van der Waals surface area contributed by atoms with Gasteiger partial charge in [0, 0.05) is 12.8 Å². The number of hydrogen-bond acceptors (Lipinski definition) is 3. The van der Waals surface area contributed by atoms with Crippen LogP contribution in [0.2, 0.25) is 0 Å². The van der Waals surface area contributed by atoms with E-state index in [0.29, 0.717) is 35.3 Å². The zero-order valence-electron chi connectivity index (χ0n) is 18.7. The Bertz CT molecular complexity index is 1020. The Hall–Kier alpha value is -1.94. The molecule has 34 heavy (non-hydrogen) atoms. The maximum Gasteiger partial charge on any atom is 0.392 e. The van der Waals surface area contributed by atoms with Crippen LogP contribution in [0.4, 0.5) is 22.0 Å². The number of nitrogens with one attached hydrogen (secondary N) is 1. The number of imidazole rings is 1. The van der Waals surface area contributed by atoms with Gasteiger partial charge in [-0.15, -0.1) is 12.4 Å². The van der Waals surface area contributed by atoms with Gasteiger partial charge in [0.2, 0.25) is 11.8 Å². The summed E-state index contributed by atoms with van der Waals surface area (Å²) >= 11 is 0. The monoisotopic (exact) mass is 508 g/mol. The number of halogens is 6. The van der Waals surface area contributed by atoms with Gasteiger partial charge in [-0.05, 0) is 61.1 Å². The molecule has 1 aromatic heterocycles. The lowest BCUT2D eigenvalue weighted by molar-refractivity contribution is -0.188. The number of carbonyl (C=O) groups is 1. The summed E-state index contributed by atoms with van der Waals surface area (Å²) in [6.45, 7) is 0.997. The smallest absolute Gasteiger partial charge is 0.369 e. The molecule has 2 saturated carbocycles. The van der Waals surface area contributed by atoms with E-state index in [2.05, 4.69) is 9.97 Å². The lowest BCUT2D eigenvalue weighted by Gasteiger charge is -2.31. The second-order valence-corrected chi connectivity index (χ2v) is 9.76. The highest BCUT2D eigenvalue weighted by molar-refractivity contribution is 5.85. The first-order chi connectivity index (χ1) is 15.4. The van der Waals surface area contributed by atoms with E-state index >= 15 is 0 Å². The summed E-state index contributed by atoms with van der Waals surface area (Å²) in [4.78, 5) is 19.7. The molecule has 190 valence electrons. The lowest BCUT2D eigenvalue weighted by atomic mass is 9.75. The van der Waals surface area contributed by atoms with Gasteiger partial charge in [-0.25, -0.2) is 13.8 Å².